The molecule has 9 aromatic carbocycles. The van der Waals surface area contributed by atoms with Crippen molar-refractivity contribution in [2.45, 2.75) is 281 Å². The highest BCUT2D eigenvalue weighted by atomic mass is 19.1. The van der Waals surface area contributed by atoms with Crippen molar-refractivity contribution >= 4 is 51.7 Å². The van der Waals surface area contributed by atoms with Crippen LogP contribution < -0.4 is 57.3 Å². The van der Waals surface area contributed by atoms with E-state index in [4.69, 9.17) is 79.0 Å². The number of carbonyl (C=O) groups excluding carboxylic acids is 2. The number of benzene rings is 9. The molecule has 0 spiro atoms. The summed E-state index contributed by atoms with van der Waals surface area (Å²) in [6.07, 6.45) is 3.53. The fraction of sp³-hybridized carbons (Fsp3) is 0.387. The number of amides is 2. The number of nitrogen functional groups attached to an aromatic ring is 5. The third kappa shape index (κ3) is 39.8. The molecule has 0 radical (unpaired) electrons. The lowest BCUT2D eigenvalue weighted by Gasteiger charge is -2.20. The lowest BCUT2D eigenvalue weighted by Crippen LogP contribution is -2.17. The summed E-state index contributed by atoms with van der Waals surface area (Å²) in [5.74, 6) is -1.51. The van der Waals surface area contributed by atoms with Crippen molar-refractivity contribution in [2.24, 2.45) is 51.6 Å². The molecule has 2 heterocycles. The van der Waals surface area contributed by atoms with Crippen LogP contribution in [0.25, 0.3) is 10.8 Å². The number of amidine groups is 4. The van der Waals surface area contributed by atoms with Crippen LogP contribution in [0.2, 0.25) is 0 Å². The van der Waals surface area contributed by atoms with Crippen LogP contribution in [-0.2, 0) is 73.8 Å². The zero-order chi connectivity index (χ0) is 103. The van der Waals surface area contributed by atoms with Gasteiger partial charge in [0.1, 0.15) is 63.9 Å². The normalized spacial score (nSPS) is 11.5. The topological polar surface area (TPSA) is 436 Å². The average molecular weight is 1840 g/mol. The number of primary amides is 2. The quantitative estimate of drug-likeness (QED) is 0.0363. The Morgan fingerprint density at radius 2 is 0.701 bits per heavy atom. The number of halogens is 4. The van der Waals surface area contributed by atoms with Crippen LogP contribution in [0.15, 0.2) is 213 Å². The fourth-order valence-corrected chi connectivity index (χ4v) is 12.2. The van der Waals surface area contributed by atoms with Crippen molar-refractivity contribution < 1.29 is 32.3 Å². The summed E-state index contributed by atoms with van der Waals surface area (Å²) < 4.78 is 53.6. The maximum Gasteiger partial charge on any atom is 0.248 e. The molecule has 2 amide bonds. The van der Waals surface area contributed by atoms with E-state index in [0.29, 0.717) is 52.4 Å². The molecule has 0 bridgehead atoms. The largest absolute Gasteiger partial charge is 0.507 e. The molecular formula is C111H156F4N16O3. The van der Waals surface area contributed by atoms with E-state index in [9.17, 15) is 32.3 Å². The molecule has 25 N–H and O–H groups in total. The number of aromatic nitrogens is 2. The van der Waals surface area contributed by atoms with Crippen LogP contribution >= 0.6 is 0 Å². The number of phenolic OH excluding ortho intramolecular Hbond substituents is 1. The Morgan fingerprint density at radius 1 is 0.313 bits per heavy atom. The lowest BCUT2D eigenvalue weighted by molar-refractivity contribution is 0.0991. The second-order valence-electron chi connectivity index (χ2n) is 43.2. The number of hydrogen-bond acceptors (Lipinski definition) is 13. The highest BCUT2D eigenvalue weighted by Gasteiger charge is 2.25. The van der Waals surface area contributed by atoms with E-state index in [2.05, 4.69) is 198 Å². The first-order valence-electron chi connectivity index (χ1n) is 44.6. The van der Waals surface area contributed by atoms with E-state index < -0.39 is 11.7 Å². The van der Waals surface area contributed by atoms with Gasteiger partial charge in [-0.15, -0.1) is 0 Å². The van der Waals surface area contributed by atoms with E-state index in [1.54, 1.807) is 60.9 Å². The summed E-state index contributed by atoms with van der Waals surface area (Å²) in [7, 11) is 0. The number of hydrogen-bond donors (Lipinski definition) is 15. The van der Waals surface area contributed by atoms with Gasteiger partial charge in [-0.3, -0.25) is 36.2 Å². The van der Waals surface area contributed by atoms with Gasteiger partial charge in [0.25, 0.3) is 0 Å². The first-order valence-corrected chi connectivity index (χ1v) is 44.6. The second-order valence-corrected chi connectivity index (χ2v) is 43.2. The van der Waals surface area contributed by atoms with Crippen LogP contribution in [0.4, 0.5) is 23.4 Å². The highest BCUT2D eigenvalue weighted by Crippen LogP contribution is 2.34. The molecule has 0 fully saturated rings. The van der Waals surface area contributed by atoms with Crippen LogP contribution in [0, 0.1) is 44.9 Å². The summed E-state index contributed by atoms with van der Waals surface area (Å²) in [6.45, 7) is 63.7. The van der Waals surface area contributed by atoms with Crippen molar-refractivity contribution in [2.75, 3.05) is 5.73 Å². The molecule has 11 aromatic rings. The summed E-state index contributed by atoms with van der Waals surface area (Å²) in [6, 6.07) is 60.6. The third-order valence-corrected chi connectivity index (χ3v) is 21.3. The Balaban J connectivity index is 0.000000504. The number of pyridine rings is 2. The van der Waals surface area contributed by atoms with Crippen LogP contribution in [-0.4, -0.2) is 50.2 Å². The van der Waals surface area contributed by atoms with Crippen molar-refractivity contribution in [3.8, 4) is 5.75 Å². The third-order valence-electron chi connectivity index (χ3n) is 21.3. The Morgan fingerprint density at radius 3 is 1.08 bits per heavy atom. The molecule has 0 unspecified atom stereocenters. The minimum absolute atomic E-state index is 0.00598. The second kappa shape index (κ2) is 49.5. The highest BCUT2D eigenvalue weighted by molar-refractivity contribution is 5.98. The van der Waals surface area contributed by atoms with Gasteiger partial charge in [-0.1, -0.05) is 329 Å². The molecular weight excluding hydrogens is 1680 g/mol. The monoisotopic (exact) mass is 1840 g/mol. The minimum Gasteiger partial charge on any atom is -0.507 e. The van der Waals surface area contributed by atoms with E-state index in [1.807, 2.05) is 141 Å². The van der Waals surface area contributed by atoms with Gasteiger partial charge >= 0.3 is 0 Å². The molecule has 0 aliphatic rings. The number of nitrogens with two attached hydrogens (primary N) is 10. The molecule has 134 heavy (non-hydrogen) atoms. The molecule has 726 valence electrons. The van der Waals surface area contributed by atoms with Gasteiger partial charge in [-0.2, -0.15) is 0 Å². The maximum atomic E-state index is 13.5. The number of nitrogens with zero attached hydrogens (tertiary/aromatic N) is 2. The van der Waals surface area contributed by atoms with Gasteiger partial charge in [-0.25, -0.2) is 22.5 Å². The average Bonchev–Trinajstić information content (AvgIpc) is 0.800. The molecule has 11 rings (SSSR count). The smallest absolute Gasteiger partial charge is 0.248 e. The summed E-state index contributed by atoms with van der Waals surface area (Å²) in [5, 5.41) is 40.6. The number of phenols is 1. The van der Waals surface area contributed by atoms with Gasteiger partial charge in [0.2, 0.25) is 11.8 Å². The number of anilines is 1. The first-order chi connectivity index (χ1) is 61.1. The summed E-state index contributed by atoms with van der Waals surface area (Å²) in [4.78, 5) is 30.0. The van der Waals surface area contributed by atoms with Crippen LogP contribution in [0.5, 0.6) is 5.75 Å². The Labute approximate surface area is 797 Å². The maximum absolute atomic E-state index is 13.5. The van der Waals surface area contributed by atoms with Crippen molar-refractivity contribution in [3.63, 3.8) is 0 Å². The summed E-state index contributed by atoms with van der Waals surface area (Å²) in [5.41, 5.74) is 69.5. The lowest BCUT2D eigenvalue weighted by atomic mass is 9.85. The number of nitrogens with one attached hydrogen (secondary N) is 4. The van der Waals surface area contributed by atoms with Gasteiger partial charge in [-0.05, 0) is 205 Å². The molecule has 0 saturated heterocycles. The summed E-state index contributed by atoms with van der Waals surface area (Å²) >= 11 is 0. The van der Waals surface area contributed by atoms with Crippen molar-refractivity contribution in [3.05, 3.63) is 342 Å². The Bertz CT molecular complexity index is 5560. The molecule has 0 saturated carbocycles. The zero-order valence-electron chi connectivity index (χ0n) is 85.3. The molecule has 0 atom stereocenters. The van der Waals surface area contributed by atoms with Crippen molar-refractivity contribution in [1.29, 1.82) is 21.6 Å². The van der Waals surface area contributed by atoms with Crippen molar-refractivity contribution in [1.82, 2.24) is 9.97 Å². The van der Waals surface area contributed by atoms with Gasteiger partial charge in [0, 0.05) is 59.7 Å². The van der Waals surface area contributed by atoms with Crippen LogP contribution in [0.1, 0.15) is 323 Å². The fourth-order valence-electron chi connectivity index (χ4n) is 12.2. The van der Waals surface area contributed by atoms with E-state index in [-0.39, 0.29) is 119 Å². The zero-order valence-corrected chi connectivity index (χ0v) is 85.3. The van der Waals surface area contributed by atoms with Crippen LogP contribution in [0.3, 0.4) is 0 Å². The number of fused-ring (bicyclic) bond motifs is 1. The molecule has 2 aromatic heterocycles. The predicted octanol–water partition coefficient (Wildman–Crippen LogP) is 23.3. The standard InChI is InChI=1S/C13H16N2.C11H15FN2.C11H14FNO.2C11H16FN.C11H16N2O.C11H16N2.C11H15NO.C11H17N.C10H15N3/c1-13(2,3)10-4-5-11-9(8-10)6-7-15-12(11)14;1-11(2,3)7-4-5-8(10(13)14)9(12)6-7;1-11(2,3)8-6-7(10(13)14)4-5-9(8)12;1-11(2,3)9-5-4-8(7-13)10(12)6-9;1-11(2,3)9-5-4-8(7-13)6-10(9)12;1-11(2,3)7-4-5-8(10(12)13)9(14)6-7;1-11(2,3)9-6-4-8(5-7-9)10(12)13;1-11(2,3)9-6-4-5-8(7-9)10(12)13;1-11(2,3)10-6-4-9(8-12)5-7-10;1-10(2,3)7-4-5-8(9(11)12)13-6-7/h4-8H,1-3H3,(H2,14,15);4-6H,1-3H3,(H3,13,14);4-6H,1-3H3,(H2,13,14);2*4-6H,7,13H2,1-3H3;4-6,14H,1-3H3,(H3,12,13);4-7H,1-3H3,(H3,12,13);4-7H,1-3H3,(H2,12,13);4-7H,8,12H2,1-3H3;4-6H,1-3H3,(H3,11,12). The molecule has 0 aliphatic heterocycles. The molecule has 0 aliphatic carbocycles. The molecule has 23 heteroatoms. The van der Waals surface area contributed by atoms with Gasteiger partial charge < -0.3 is 62.4 Å². The minimum atomic E-state index is -0.532. The number of aromatic hydroxyl groups is 1. The van der Waals surface area contributed by atoms with E-state index in [0.717, 1.165) is 55.3 Å². The van der Waals surface area contributed by atoms with E-state index in [1.165, 1.54) is 52.6 Å². The number of carbonyl (C=O) groups is 2. The van der Waals surface area contributed by atoms with Gasteiger partial charge in [0.15, 0.2) is 0 Å². The number of rotatable bonds is 9. The Hall–Kier alpha value is -12.4. The molecule has 19 nitrogen and oxygen atoms in total. The predicted molar refractivity (Wildman–Crippen MR) is 555 cm³/mol. The van der Waals surface area contributed by atoms with Gasteiger partial charge in [0.05, 0.1) is 11.1 Å². The first kappa shape index (κ1) is 118. The van der Waals surface area contributed by atoms with E-state index >= 15 is 0 Å². The SMILES string of the molecule is CC(C)(C)c1cc(C(N)=O)ccc1F.CC(C)(C)c1ccc(C(=N)N)c(F)c1.CC(C)(C)c1ccc(C(=N)N)c(O)c1.CC(C)(C)c1ccc(C(=N)N)cc1.CC(C)(C)c1ccc(C(=N)N)nc1.CC(C)(C)c1ccc(CN)c(F)c1.CC(C)(C)c1ccc(CN)cc1.CC(C)(C)c1ccc(CN)cc1F.CC(C)(C)c1ccc2c(N)nccc2c1.CC(C)(C)c1cccc(C(N)=O)c1. The Kier molecular flexibility index (Phi) is 43.5.